The van der Waals surface area contributed by atoms with Gasteiger partial charge in [0.2, 0.25) is 5.89 Å². The molecule has 2 aromatic heterocycles. The number of oxazole rings is 1. The lowest BCUT2D eigenvalue weighted by molar-refractivity contribution is 0.102. The molecule has 0 aliphatic carbocycles. The molecule has 0 radical (unpaired) electrons. The number of methoxy groups -OCH3 is 2. The van der Waals surface area contributed by atoms with Crippen molar-refractivity contribution in [2.24, 2.45) is 0 Å². The molecule has 2 aromatic carbocycles. The summed E-state index contributed by atoms with van der Waals surface area (Å²) in [5, 5.41) is 2.85. The highest BCUT2D eigenvalue weighted by atomic mass is 16.5. The molecule has 0 unspecified atom stereocenters. The second kappa shape index (κ2) is 7.40. The fourth-order valence-corrected chi connectivity index (χ4v) is 2.73. The van der Waals surface area contributed by atoms with Crippen LogP contribution in [-0.4, -0.2) is 30.1 Å². The van der Waals surface area contributed by atoms with Crippen molar-refractivity contribution in [1.29, 1.82) is 0 Å². The molecule has 7 nitrogen and oxygen atoms in total. The zero-order chi connectivity index (χ0) is 19.5. The second-order valence-electron chi connectivity index (χ2n) is 5.98. The molecular weight excluding hydrogens is 358 g/mol. The zero-order valence-corrected chi connectivity index (χ0v) is 15.3. The highest BCUT2D eigenvalue weighted by Crippen LogP contribution is 2.26. The van der Waals surface area contributed by atoms with Crippen molar-refractivity contribution < 1.29 is 18.7 Å². The molecule has 4 aromatic rings. The second-order valence-corrected chi connectivity index (χ2v) is 5.98. The third kappa shape index (κ3) is 3.50. The minimum atomic E-state index is -0.268. The maximum Gasteiger partial charge on any atom is 0.255 e. The summed E-state index contributed by atoms with van der Waals surface area (Å²) in [5.41, 5.74) is 3.05. The molecule has 4 rings (SSSR count). The maximum atomic E-state index is 12.6. The molecule has 0 saturated heterocycles. The van der Waals surface area contributed by atoms with Crippen molar-refractivity contribution in [3.05, 3.63) is 66.4 Å². The first-order valence-corrected chi connectivity index (χ1v) is 8.52. The number of rotatable bonds is 5. The van der Waals surface area contributed by atoms with E-state index in [1.54, 1.807) is 42.6 Å². The van der Waals surface area contributed by atoms with Crippen LogP contribution >= 0.6 is 0 Å². The van der Waals surface area contributed by atoms with Gasteiger partial charge in [-0.1, -0.05) is 0 Å². The standard InChI is InChI=1S/C21H17N3O4/c1-26-16-10-14(11-17(12-16)27-2)20(25)23-15-7-5-13(6-8-15)21-24-19-18(28-21)4-3-9-22-19/h3-12H,1-2H3,(H,23,25). The van der Waals surface area contributed by atoms with E-state index in [-0.39, 0.29) is 5.91 Å². The Hall–Kier alpha value is -3.87. The van der Waals surface area contributed by atoms with Crippen molar-refractivity contribution in [2.45, 2.75) is 0 Å². The Bertz CT molecular complexity index is 1080. The summed E-state index contributed by atoms with van der Waals surface area (Å²) in [4.78, 5) is 21.1. The normalized spacial score (nSPS) is 10.6. The summed E-state index contributed by atoms with van der Waals surface area (Å²) in [6.07, 6.45) is 1.67. The van der Waals surface area contributed by atoms with E-state index < -0.39 is 0 Å². The minimum Gasteiger partial charge on any atom is -0.497 e. The number of hydrogen-bond donors (Lipinski definition) is 1. The summed E-state index contributed by atoms with van der Waals surface area (Å²) >= 11 is 0. The molecule has 7 heteroatoms. The van der Waals surface area contributed by atoms with Crippen molar-refractivity contribution in [3.63, 3.8) is 0 Å². The average molecular weight is 375 g/mol. The number of nitrogens with one attached hydrogen (secondary N) is 1. The number of hydrogen-bond acceptors (Lipinski definition) is 6. The predicted octanol–water partition coefficient (Wildman–Crippen LogP) is 4.16. The molecule has 140 valence electrons. The first kappa shape index (κ1) is 17.5. The Balaban J connectivity index is 1.53. The molecule has 1 amide bonds. The lowest BCUT2D eigenvalue weighted by Crippen LogP contribution is -2.12. The van der Waals surface area contributed by atoms with E-state index >= 15 is 0 Å². The van der Waals surface area contributed by atoms with Crippen LogP contribution in [0.4, 0.5) is 5.69 Å². The molecule has 0 aliphatic heterocycles. The number of nitrogens with zero attached hydrogens (tertiary/aromatic N) is 2. The van der Waals surface area contributed by atoms with Gasteiger partial charge in [-0.2, -0.15) is 4.98 Å². The molecule has 0 atom stereocenters. The lowest BCUT2D eigenvalue weighted by atomic mass is 10.1. The molecule has 0 fully saturated rings. The van der Waals surface area contributed by atoms with E-state index in [9.17, 15) is 4.79 Å². The third-order valence-corrected chi connectivity index (χ3v) is 4.17. The number of amides is 1. The summed E-state index contributed by atoms with van der Waals surface area (Å²) < 4.78 is 16.1. The Kier molecular flexibility index (Phi) is 4.63. The number of carbonyl (C=O) groups is 1. The van der Waals surface area contributed by atoms with Gasteiger partial charge >= 0.3 is 0 Å². The van der Waals surface area contributed by atoms with Crippen LogP contribution in [0.15, 0.2) is 65.2 Å². The van der Waals surface area contributed by atoms with E-state index in [1.165, 1.54) is 14.2 Å². The Labute approximate surface area is 160 Å². The van der Waals surface area contributed by atoms with Crippen LogP contribution in [0.25, 0.3) is 22.7 Å². The third-order valence-electron chi connectivity index (χ3n) is 4.17. The number of benzene rings is 2. The number of pyridine rings is 1. The summed E-state index contributed by atoms with van der Waals surface area (Å²) in [6.45, 7) is 0. The number of ether oxygens (including phenoxy) is 2. The van der Waals surface area contributed by atoms with Gasteiger partial charge in [-0.25, -0.2) is 4.98 Å². The number of carbonyl (C=O) groups excluding carboxylic acids is 1. The van der Waals surface area contributed by atoms with Gasteiger partial charge in [0.15, 0.2) is 11.2 Å². The fraction of sp³-hybridized carbons (Fsp3) is 0.0952. The summed E-state index contributed by atoms with van der Waals surface area (Å²) in [7, 11) is 3.08. The van der Waals surface area contributed by atoms with Gasteiger partial charge < -0.3 is 19.2 Å². The molecular formula is C21H17N3O4. The van der Waals surface area contributed by atoms with Gasteiger partial charge in [-0.05, 0) is 48.5 Å². The van der Waals surface area contributed by atoms with E-state index in [0.29, 0.717) is 39.9 Å². The monoisotopic (exact) mass is 375 g/mol. The van der Waals surface area contributed by atoms with E-state index in [1.807, 2.05) is 18.2 Å². The quantitative estimate of drug-likeness (QED) is 0.564. The molecule has 0 saturated carbocycles. The van der Waals surface area contributed by atoms with Gasteiger partial charge in [-0.3, -0.25) is 4.79 Å². The molecule has 0 spiro atoms. The molecule has 28 heavy (non-hydrogen) atoms. The first-order valence-electron chi connectivity index (χ1n) is 8.52. The van der Waals surface area contributed by atoms with Gasteiger partial charge in [0.1, 0.15) is 11.5 Å². The molecule has 0 bridgehead atoms. The van der Waals surface area contributed by atoms with Crippen molar-refractivity contribution in [2.75, 3.05) is 19.5 Å². The van der Waals surface area contributed by atoms with Gasteiger partial charge in [0.25, 0.3) is 5.91 Å². The van der Waals surface area contributed by atoms with Crippen LogP contribution in [0.1, 0.15) is 10.4 Å². The van der Waals surface area contributed by atoms with Crippen LogP contribution in [-0.2, 0) is 0 Å². The van der Waals surface area contributed by atoms with E-state index in [0.717, 1.165) is 5.56 Å². The number of anilines is 1. The Morgan fingerprint density at radius 3 is 2.36 bits per heavy atom. The Morgan fingerprint density at radius 2 is 1.71 bits per heavy atom. The van der Waals surface area contributed by atoms with E-state index in [2.05, 4.69) is 15.3 Å². The van der Waals surface area contributed by atoms with Gasteiger partial charge in [0, 0.05) is 29.1 Å². The van der Waals surface area contributed by atoms with Gasteiger partial charge in [-0.15, -0.1) is 0 Å². The van der Waals surface area contributed by atoms with Crippen molar-refractivity contribution in [1.82, 2.24) is 9.97 Å². The smallest absolute Gasteiger partial charge is 0.255 e. The number of aromatic nitrogens is 2. The highest BCUT2D eigenvalue weighted by molar-refractivity contribution is 6.04. The average Bonchev–Trinajstić information content (AvgIpc) is 3.18. The van der Waals surface area contributed by atoms with Crippen molar-refractivity contribution in [3.8, 4) is 23.0 Å². The van der Waals surface area contributed by atoms with Crippen LogP contribution in [0.2, 0.25) is 0 Å². The van der Waals surface area contributed by atoms with Crippen LogP contribution < -0.4 is 14.8 Å². The number of fused-ring (bicyclic) bond motifs is 1. The maximum absolute atomic E-state index is 12.6. The predicted molar refractivity (Wildman–Crippen MR) is 105 cm³/mol. The molecule has 0 aliphatic rings. The first-order chi connectivity index (χ1) is 13.7. The molecule has 2 heterocycles. The van der Waals surface area contributed by atoms with E-state index in [4.69, 9.17) is 13.9 Å². The Morgan fingerprint density at radius 1 is 1.00 bits per heavy atom. The largest absolute Gasteiger partial charge is 0.497 e. The highest BCUT2D eigenvalue weighted by Gasteiger charge is 2.12. The summed E-state index contributed by atoms with van der Waals surface area (Å²) in [5.74, 6) is 1.30. The SMILES string of the molecule is COc1cc(OC)cc(C(=O)Nc2ccc(-c3nc4ncccc4o3)cc2)c1. The summed E-state index contributed by atoms with van der Waals surface area (Å²) in [6, 6.07) is 15.8. The lowest BCUT2D eigenvalue weighted by Gasteiger charge is -2.09. The van der Waals surface area contributed by atoms with Crippen LogP contribution in [0, 0.1) is 0 Å². The molecule has 1 N–H and O–H groups in total. The topological polar surface area (TPSA) is 86.5 Å². The van der Waals surface area contributed by atoms with Crippen LogP contribution in [0.5, 0.6) is 11.5 Å². The fourth-order valence-electron chi connectivity index (χ4n) is 2.73. The zero-order valence-electron chi connectivity index (χ0n) is 15.3. The van der Waals surface area contributed by atoms with Gasteiger partial charge in [0.05, 0.1) is 14.2 Å². The minimum absolute atomic E-state index is 0.268. The van der Waals surface area contributed by atoms with Crippen LogP contribution in [0.3, 0.4) is 0 Å². The van der Waals surface area contributed by atoms with Crippen molar-refractivity contribution >= 4 is 22.8 Å².